The van der Waals surface area contributed by atoms with Gasteiger partial charge >= 0.3 is 0 Å². The van der Waals surface area contributed by atoms with Gasteiger partial charge in [0.1, 0.15) is 0 Å². The van der Waals surface area contributed by atoms with Gasteiger partial charge in [0, 0.05) is 30.2 Å². The molecule has 1 amide bonds. The van der Waals surface area contributed by atoms with Gasteiger partial charge in [-0.15, -0.1) is 0 Å². The fourth-order valence-corrected chi connectivity index (χ4v) is 3.26. The summed E-state index contributed by atoms with van der Waals surface area (Å²) in [6.07, 6.45) is 1.98. The molecule has 0 aromatic carbocycles. The summed E-state index contributed by atoms with van der Waals surface area (Å²) < 4.78 is 3.74. The normalized spacial score (nSPS) is 11.5. The smallest absolute Gasteiger partial charge is 0.228 e. The highest BCUT2D eigenvalue weighted by Gasteiger charge is 2.16. The molecule has 7 nitrogen and oxygen atoms in total. The van der Waals surface area contributed by atoms with Gasteiger partial charge in [0.05, 0.1) is 29.7 Å². The second kappa shape index (κ2) is 6.90. The van der Waals surface area contributed by atoms with Gasteiger partial charge in [-0.1, -0.05) is 13.8 Å². The first-order valence-electron chi connectivity index (χ1n) is 8.88. The Kier molecular flexibility index (Phi) is 4.80. The number of nitrogens with zero attached hydrogens (tertiary/aromatic N) is 5. The number of fused-ring (bicyclic) bond motifs is 1. The first kappa shape index (κ1) is 18.1. The van der Waals surface area contributed by atoms with E-state index in [1.54, 1.807) is 10.9 Å². The fraction of sp³-hybridized carbons (Fsp3) is 0.474. The molecule has 0 aliphatic carbocycles. The minimum Gasteiger partial charge on any atom is -0.324 e. The van der Waals surface area contributed by atoms with Crippen molar-refractivity contribution in [3.05, 3.63) is 34.9 Å². The van der Waals surface area contributed by atoms with Crippen molar-refractivity contribution in [1.82, 2.24) is 24.5 Å². The van der Waals surface area contributed by atoms with Crippen LogP contribution in [0.1, 0.15) is 36.5 Å². The molecule has 0 bridgehead atoms. The molecule has 3 aromatic rings. The van der Waals surface area contributed by atoms with Crippen LogP contribution in [-0.4, -0.2) is 30.5 Å². The highest BCUT2D eigenvalue weighted by molar-refractivity contribution is 5.94. The summed E-state index contributed by atoms with van der Waals surface area (Å²) >= 11 is 0. The zero-order valence-corrected chi connectivity index (χ0v) is 16.3. The van der Waals surface area contributed by atoms with E-state index in [4.69, 9.17) is 0 Å². The number of carbonyl (C=O) groups excluding carboxylic acids is 1. The molecule has 0 radical (unpaired) electrons. The molecule has 0 aliphatic heterocycles. The Bertz CT molecular complexity index is 966. The number of aryl methyl sites for hydroxylation is 3. The highest BCUT2D eigenvalue weighted by Crippen LogP contribution is 2.20. The number of pyridine rings is 1. The molecule has 7 heteroatoms. The molecule has 1 N–H and O–H groups in total. The van der Waals surface area contributed by atoms with Crippen LogP contribution in [0.3, 0.4) is 0 Å². The van der Waals surface area contributed by atoms with Crippen molar-refractivity contribution in [3.63, 3.8) is 0 Å². The molecule has 0 aliphatic rings. The van der Waals surface area contributed by atoms with Crippen molar-refractivity contribution < 1.29 is 4.79 Å². The van der Waals surface area contributed by atoms with Crippen molar-refractivity contribution in [2.75, 3.05) is 5.32 Å². The van der Waals surface area contributed by atoms with Crippen LogP contribution in [-0.2, 0) is 24.8 Å². The Morgan fingerprint density at radius 2 is 1.92 bits per heavy atom. The summed E-state index contributed by atoms with van der Waals surface area (Å²) in [6, 6.07) is 1.92. The van der Waals surface area contributed by atoms with Crippen LogP contribution in [0.2, 0.25) is 0 Å². The Morgan fingerprint density at radius 1 is 1.19 bits per heavy atom. The summed E-state index contributed by atoms with van der Waals surface area (Å²) in [4.78, 5) is 17.0. The van der Waals surface area contributed by atoms with E-state index in [0.29, 0.717) is 18.0 Å². The van der Waals surface area contributed by atoms with Crippen LogP contribution in [0, 0.1) is 26.7 Å². The van der Waals surface area contributed by atoms with Crippen LogP contribution in [0.15, 0.2) is 12.3 Å². The highest BCUT2D eigenvalue weighted by atomic mass is 16.1. The lowest BCUT2D eigenvalue weighted by molar-refractivity contribution is -0.115. The minimum absolute atomic E-state index is 0.0667. The van der Waals surface area contributed by atoms with Crippen molar-refractivity contribution >= 4 is 22.6 Å². The molecule has 0 fully saturated rings. The van der Waals surface area contributed by atoms with E-state index in [9.17, 15) is 4.79 Å². The number of hydrogen-bond acceptors (Lipinski definition) is 4. The van der Waals surface area contributed by atoms with Gasteiger partial charge in [0.2, 0.25) is 5.91 Å². The van der Waals surface area contributed by atoms with Gasteiger partial charge < -0.3 is 5.32 Å². The van der Waals surface area contributed by atoms with E-state index >= 15 is 0 Å². The van der Waals surface area contributed by atoms with Gasteiger partial charge in [-0.25, -0.2) is 4.98 Å². The summed E-state index contributed by atoms with van der Waals surface area (Å²) in [6.45, 7) is 11.1. The Labute approximate surface area is 153 Å². The van der Waals surface area contributed by atoms with Gasteiger partial charge in [0.15, 0.2) is 5.65 Å². The first-order chi connectivity index (χ1) is 12.3. The minimum atomic E-state index is -0.0667. The number of hydrogen-bond donors (Lipinski definition) is 1. The Balaban J connectivity index is 1.77. The van der Waals surface area contributed by atoms with E-state index in [0.717, 1.165) is 40.2 Å². The lowest BCUT2D eigenvalue weighted by atomic mass is 10.1. The molecule has 3 rings (SSSR count). The van der Waals surface area contributed by atoms with Crippen LogP contribution < -0.4 is 5.32 Å². The summed E-state index contributed by atoms with van der Waals surface area (Å²) in [5.74, 6) is 0.443. The molecule has 26 heavy (non-hydrogen) atoms. The molecule has 3 heterocycles. The topological polar surface area (TPSA) is 77.6 Å². The first-order valence-corrected chi connectivity index (χ1v) is 8.88. The second-order valence-electron chi connectivity index (χ2n) is 7.25. The quantitative estimate of drug-likeness (QED) is 0.764. The third kappa shape index (κ3) is 3.47. The summed E-state index contributed by atoms with van der Waals surface area (Å²) in [5, 5.41) is 12.8. The third-order valence-electron chi connectivity index (χ3n) is 4.55. The second-order valence-corrected chi connectivity index (χ2v) is 7.25. The predicted molar refractivity (Wildman–Crippen MR) is 102 cm³/mol. The van der Waals surface area contributed by atoms with Crippen molar-refractivity contribution in [1.29, 1.82) is 0 Å². The number of aromatic nitrogens is 5. The lowest BCUT2D eigenvalue weighted by Gasteiger charge is -2.08. The predicted octanol–water partition coefficient (Wildman–Crippen LogP) is 2.93. The average Bonchev–Trinajstić information content (AvgIpc) is 2.97. The maximum atomic E-state index is 12.5. The average molecular weight is 354 g/mol. The molecular formula is C19H26N6O. The number of nitrogens with one attached hydrogen (secondary N) is 1. The van der Waals surface area contributed by atoms with E-state index in [2.05, 4.69) is 34.3 Å². The van der Waals surface area contributed by atoms with Crippen LogP contribution in [0.5, 0.6) is 0 Å². The lowest BCUT2D eigenvalue weighted by Crippen LogP contribution is -2.16. The SMILES string of the molecule is Cc1nn(CC(C)C)c(C)c1CC(=O)Nc1cnc2c(c1)c(C)nn2C. The van der Waals surface area contributed by atoms with Crippen LogP contribution in [0.4, 0.5) is 5.69 Å². The van der Waals surface area contributed by atoms with Gasteiger partial charge in [0.25, 0.3) is 0 Å². The zero-order chi connectivity index (χ0) is 19.0. The molecule has 0 unspecified atom stereocenters. The van der Waals surface area contributed by atoms with E-state index in [1.807, 2.05) is 38.6 Å². The van der Waals surface area contributed by atoms with Gasteiger partial charge in [-0.2, -0.15) is 10.2 Å². The molecule has 0 saturated heterocycles. The molecule has 3 aromatic heterocycles. The standard InChI is InChI=1S/C19H26N6O/c1-11(2)10-25-14(5)16(12(3)23-25)8-18(26)21-15-7-17-13(4)22-24(6)19(17)20-9-15/h7,9,11H,8,10H2,1-6H3,(H,21,26). The number of rotatable bonds is 5. The number of amides is 1. The largest absolute Gasteiger partial charge is 0.324 e. The van der Waals surface area contributed by atoms with Crippen molar-refractivity contribution in [2.45, 2.75) is 47.6 Å². The van der Waals surface area contributed by atoms with E-state index < -0.39 is 0 Å². The van der Waals surface area contributed by atoms with E-state index in [1.165, 1.54) is 0 Å². The maximum absolute atomic E-state index is 12.5. The van der Waals surface area contributed by atoms with E-state index in [-0.39, 0.29) is 5.91 Å². The number of anilines is 1. The molecular weight excluding hydrogens is 328 g/mol. The molecule has 0 spiro atoms. The maximum Gasteiger partial charge on any atom is 0.228 e. The van der Waals surface area contributed by atoms with Crippen molar-refractivity contribution in [2.24, 2.45) is 13.0 Å². The van der Waals surface area contributed by atoms with Gasteiger partial charge in [-0.3, -0.25) is 14.2 Å². The monoisotopic (exact) mass is 354 g/mol. The molecule has 0 saturated carbocycles. The Morgan fingerprint density at radius 3 is 2.62 bits per heavy atom. The van der Waals surface area contributed by atoms with Gasteiger partial charge in [-0.05, 0) is 32.8 Å². The fourth-order valence-electron chi connectivity index (χ4n) is 3.26. The van der Waals surface area contributed by atoms with Crippen molar-refractivity contribution in [3.8, 4) is 0 Å². The summed E-state index contributed by atoms with van der Waals surface area (Å²) in [7, 11) is 1.86. The van der Waals surface area contributed by atoms with Crippen LogP contribution >= 0.6 is 0 Å². The molecule has 0 atom stereocenters. The summed E-state index contributed by atoms with van der Waals surface area (Å²) in [5.41, 5.74) is 5.35. The zero-order valence-electron chi connectivity index (χ0n) is 16.3. The Hall–Kier alpha value is -2.70. The number of carbonyl (C=O) groups is 1. The third-order valence-corrected chi connectivity index (χ3v) is 4.55. The van der Waals surface area contributed by atoms with Crippen LogP contribution in [0.25, 0.3) is 11.0 Å². The molecule has 138 valence electrons.